The molecule has 0 radical (unpaired) electrons. The summed E-state index contributed by atoms with van der Waals surface area (Å²) in [6.45, 7) is 4.66. The Hall–Kier alpha value is -7.49. The molecule has 0 amide bonds. The van der Waals surface area contributed by atoms with E-state index in [9.17, 15) is 0 Å². The number of fused-ring (bicyclic) bond motifs is 4. The van der Waals surface area contributed by atoms with Gasteiger partial charge in [0.15, 0.2) is 5.82 Å². The van der Waals surface area contributed by atoms with Crippen LogP contribution in [-0.2, 0) is 5.41 Å². The second-order valence-electron chi connectivity index (χ2n) is 16.7. The summed E-state index contributed by atoms with van der Waals surface area (Å²) in [5.74, 6) is 0.683. The predicted octanol–water partition coefficient (Wildman–Crippen LogP) is 15.1. The first-order chi connectivity index (χ1) is 30.0. The van der Waals surface area contributed by atoms with E-state index in [0.717, 1.165) is 79.8 Å². The highest BCUT2D eigenvalue weighted by molar-refractivity contribution is 6.02. The molecule has 9 aromatic rings. The van der Waals surface area contributed by atoms with Crippen LogP contribution in [0.25, 0.3) is 95.0 Å². The van der Waals surface area contributed by atoms with Crippen molar-refractivity contribution in [3.63, 3.8) is 0 Å². The molecule has 0 aliphatic heterocycles. The molecule has 61 heavy (non-hydrogen) atoms. The van der Waals surface area contributed by atoms with Gasteiger partial charge < -0.3 is 0 Å². The van der Waals surface area contributed by atoms with Gasteiger partial charge in [-0.2, -0.15) is 0 Å². The van der Waals surface area contributed by atoms with Crippen molar-refractivity contribution in [3.05, 3.63) is 217 Å². The molecular weight excluding hydrogens is 739 g/mol. The van der Waals surface area contributed by atoms with Crippen molar-refractivity contribution < 1.29 is 0 Å². The summed E-state index contributed by atoms with van der Waals surface area (Å²) in [7, 11) is 0. The van der Waals surface area contributed by atoms with E-state index >= 15 is 0 Å². The first-order valence-corrected chi connectivity index (χ1v) is 21.2. The summed E-state index contributed by atoms with van der Waals surface area (Å²) in [5.41, 5.74) is 20.1. The Bertz CT molecular complexity index is 3210. The minimum atomic E-state index is -0.130. The van der Waals surface area contributed by atoms with Crippen molar-refractivity contribution in [2.75, 3.05) is 0 Å². The Kier molecular flexibility index (Phi) is 8.97. The highest BCUT2D eigenvalue weighted by atomic mass is 14.9. The lowest BCUT2D eigenvalue weighted by Gasteiger charge is -2.22. The molecule has 11 rings (SSSR count). The van der Waals surface area contributed by atoms with Crippen LogP contribution >= 0.6 is 0 Å². The predicted molar refractivity (Wildman–Crippen MR) is 254 cm³/mol. The maximum atomic E-state index is 5.36. The Labute approximate surface area is 357 Å². The van der Waals surface area contributed by atoms with E-state index in [1.807, 2.05) is 0 Å². The molecule has 0 saturated carbocycles. The van der Waals surface area contributed by atoms with Gasteiger partial charge in [0.1, 0.15) is 0 Å². The van der Waals surface area contributed by atoms with Gasteiger partial charge in [-0.3, -0.25) is 0 Å². The topological polar surface area (TPSA) is 38.7 Å². The third-order valence-electron chi connectivity index (χ3n) is 12.5. The van der Waals surface area contributed by atoms with Crippen LogP contribution in [0, 0.1) is 0 Å². The Morgan fingerprint density at radius 3 is 1.74 bits per heavy atom. The zero-order chi connectivity index (χ0) is 40.9. The van der Waals surface area contributed by atoms with Crippen LogP contribution in [0.3, 0.4) is 0 Å². The average molecular weight is 782 g/mol. The molecule has 0 N–H and O–H groups in total. The van der Waals surface area contributed by atoms with Crippen LogP contribution < -0.4 is 0 Å². The van der Waals surface area contributed by atoms with Crippen LogP contribution in [-0.4, -0.2) is 15.0 Å². The summed E-state index contributed by atoms with van der Waals surface area (Å²) in [5, 5.41) is 1.12. The molecule has 2 aliphatic carbocycles. The lowest BCUT2D eigenvalue weighted by Crippen LogP contribution is -2.14. The molecular formula is C58H43N3. The maximum absolute atomic E-state index is 5.36. The monoisotopic (exact) mass is 781 g/mol. The molecule has 0 atom stereocenters. The first kappa shape index (κ1) is 36.6. The van der Waals surface area contributed by atoms with Crippen molar-refractivity contribution in [1.29, 1.82) is 0 Å². The van der Waals surface area contributed by atoms with Crippen molar-refractivity contribution in [2.24, 2.45) is 0 Å². The highest BCUT2D eigenvalue weighted by Gasteiger charge is 2.36. The van der Waals surface area contributed by atoms with Crippen molar-refractivity contribution in [3.8, 4) is 78.5 Å². The van der Waals surface area contributed by atoms with Gasteiger partial charge in [-0.15, -0.1) is 0 Å². The van der Waals surface area contributed by atoms with Crippen LogP contribution in [0.4, 0.5) is 0 Å². The van der Waals surface area contributed by atoms with Gasteiger partial charge in [0, 0.05) is 33.1 Å². The molecule has 0 spiro atoms. The van der Waals surface area contributed by atoms with Crippen LogP contribution in [0.1, 0.15) is 43.4 Å². The van der Waals surface area contributed by atoms with Gasteiger partial charge in [-0.05, 0) is 111 Å². The number of benzene rings is 7. The average Bonchev–Trinajstić information content (AvgIpc) is 3.56. The third kappa shape index (κ3) is 6.69. The number of nitrogens with zero attached hydrogens (tertiary/aromatic N) is 3. The summed E-state index contributed by atoms with van der Waals surface area (Å²) < 4.78 is 0. The fourth-order valence-electron chi connectivity index (χ4n) is 9.32. The van der Waals surface area contributed by atoms with E-state index in [2.05, 4.69) is 214 Å². The number of hydrogen-bond acceptors (Lipinski definition) is 3. The van der Waals surface area contributed by atoms with Crippen LogP contribution in [0.15, 0.2) is 200 Å². The molecule has 0 fully saturated rings. The SMILES string of the molecule is CC1(C)c2ccccc2-c2cc3c(-c4cccc(-c5nc(-c6cccc(C7=CC=CCC7)c6)cc(-c6cccc(-c7ccccc7)c6)n5)c4)cc(-c4ccccc4)nc3cc21. The number of pyridine rings is 1. The fourth-order valence-corrected chi connectivity index (χ4v) is 9.32. The van der Waals surface area contributed by atoms with E-state index < -0.39 is 0 Å². The van der Waals surface area contributed by atoms with Gasteiger partial charge in [0.25, 0.3) is 0 Å². The van der Waals surface area contributed by atoms with Crippen LogP contribution in [0.5, 0.6) is 0 Å². The quantitative estimate of drug-likeness (QED) is 0.162. The number of allylic oxidation sites excluding steroid dienone is 4. The number of rotatable bonds is 7. The molecule has 3 heteroatoms. The summed E-state index contributed by atoms with van der Waals surface area (Å²) in [6.07, 6.45) is 8.72. The van der Waals surface area contributed by atoms with Crippen molar-refractivity contribution >= 4 is 16.5 Å². The van der Waals surface area contributed by atoms with E-state index in [0.29, 0.717) is 5.82 Å². The second-order valence-corrected chi connectivity index (χ2v) is 16.7. The lowest BCUT2D eigenvalue weighted by molar-refractivity contribution is 0.661. The molecule has 0 unspecified atom stereocenters. The molecule has 0 bridgehead atoms. The molecule has 2 aliphatic rings. The second kappa shape index (κ2) is 15.0. The van der Waals surface area contributed by atoms with E-state index in [1.165, 1.54) is 39.0 Å². The molecule has 7 aromatic carbocycles. The van der Waals surface area contributed by atoms with Crippen LogP contribution in [0.2, 0.25) is 0 Å². The van der Waals surface area contributed by atoms with E-state index in [4.69, 9.17) is 15.0 Å². The number of aromatic nitrogens is 3. The normalized spacial score (nSPS) is 13.8. The maximum Gasteiger partial charge on any atom is 0.160 e. The van der Waals surface area contributed by atoms with Gasteiger partial charge in [-0.1, -0.05) is 172 Å². The Morgan fingerprint density at radius 1 is 0.410 bits per heavy atom. The highest BCUT2D eigenvalue weighted by Crippen LogP contribution is 2.50. The molecule has 3 nitrogen and oxygen atoms in total. The minimum absolute atomic E-state index is 0.130. The smallest absolute Gasteiger partial charge is 0.160 e. The standard InChI is InChI=1S/C58H43N3/c1-58(2)51-30-13-12-29-47(51)49-34-50-48(35-53(40-21-10-5-11-22-40)59-56(50)36-52(49)58)43-25-16-28-46(33-43)57-60-54(44-26-14-23-41(31-44)38-17-6-3-7-18-38)37-55(61-57)45-27-15-24-42(32-45)39-19-8-4-9-20-39/h3-8,10-19,21-37H,9,20H2,1-2H3. The zero-order valence-corrected chi connectivity index (χ0v) is 34.3. The Morgan fingerprint density at radius 2 is 1.00 bits per heavy atom. The lowest BCUT2D eigenvalue weighted by atomic mass is 9.82. The van der Waals surface area contributed by atoms with Crippen molar-refractivity contribution in [1.82, 2.24) is 15.0 Å². The molecule has 2 aromatic heterocycles. The minimum Gasteiger partial charge on any atom is -0.248 e. The summed E-state index contributed by atoms with van der Waals surface area (Å²) in [4.78, 5) is 16.1. The summed E-state index contributed by atoms with van der Waals surface area (Å²) in [6, 6.07) is 65.2. The summed E-state index contributed by atoms with van der Waals surface area (Å²) >= 11 is 0. The Balaban J connectivity index is 1.09. The van der Waals surface area contributed by atoms with E-state index in [1.54, 1.807) is 0 Å². The molecule has 0 saturated heterocycles. The van der Waals surface area contributed by atoms with Gasteiger partial charge >= 0.3 is 0 Å². The molecule has 2 heterocycles. The zero-order valence-electron chi connectivity index (χ0n) is 34.3. The third-order valence-corrected chi connectivity index (χ3v) is 12.5. The fraction of sp³-hybridized carbons (Fsp3) is 0.0862. The largest absolute Gasteiger partial charge is 0.248 e. The first-order valence-electron chi connectivity index (χ1n) is 21.2. The number of hydrogen-bond donors (Lipinski definition) is 0. The van der Waals surface area contributed by atoms with E-state index in [-0.39, 0.29) is 5.41 Å². The van der Waals surface area contributed by atoms with Gasteiger partial charge in [0.2, 0.25) is 0 Å². The van der Waals surface area contributed by atoms with Gasteiger partial charge in [-0.25, -0.2) is 15.0 Å². The van der Waals surface area contributed by atoms with Gasteiger partial charge in [0.05, 0.1) is 22.6 Å². The van der Waals surface area contributed by atoms with Crippen molar-refractivity contribution in [2.45, 2.75) is 32.1 Å². The molecule has 290 valence electrons.